The molecule has 1 aliphatic rings. The van der Waals surface area contributed by atoms with E-state index in [0.717, 1.165) is 22.4 Å². The van der Waals surface area contributed by atoms with Crippen molar-refractivity contribution in [2.45, 2.75) is 13.5 Å². The SMILES string of the molecule is CC(=O)N1Cc2cc(F)c(Br)cc2C=Cc2ccccc21. The molecule has 2 nitrogen and oxygen atoms in total. The van der Waals surface area contributed by atoms with E-state index in [1.165, 1.54) is 13.0 Å². The van der Waals surface area contributed by atoms with Gasteiger partial charge >= 0.3 is 0 Å². The zero-order chi connectivity index (χ0) is 15.0. The fraction of sp³-hybridized carbons (Fsp3) is 0.118. The van der Waals surface area contributed by atoms with Gasteiger partial charge in [0.05, 0.1) is 16.7 Å². The summed E-state index contributed by atoms with van der Waals surface area (Å²) in [6.07, 6.45) is 3.91. The highest BCUT2D eigenvalue weighted by molar-refractivity contribution is 9.10. The molecule has 0 aliphatic carbocycles. The molecule has 0 spiro atoms. The van der Waals surface area contributed by atoms with Crippen LogP contribution in [0.3, 0.4) is 0 Å². The molecule has 0 atom stereocenters. The lowest BCUT2D eigenvalue weighted by molar-refractivity contribution is -0.116. The lowest BCUT2D eigenvalue weighted by Crippen LogP contribution is -2.29. The molecule has 0 N–H and O–H groups in total. The first kappa shape index (κ1) is 14.0. The number of halogens is 2. The first-order valence-electron chi connectivity index (χ1n) is 6.59. The number of anilines is 1. The third kappa shape index (κ3) is 2.63. The molecule has 0 saturated carbocycles. The molecule has 1 aliphatic heterocycles. The molecule has 1 heterocycles. The van der Waals surface area contributed by atoms with Gasteiger partial charge in [-0.1, -0.05) is 30.4 Å². The van der Waals surface area contributed by atoms with Crippen molar-refractivity contribution in [3.63, 3.8) is 0 Å². The smallest absolute Gasteiger partial charge is 0.224 e. The minimum Gasteiger partial charge on any atom is -0.308 e. The van der Waals surface area contributed by atoms with E-state index in [2.05, 4.69) is 15.9 Å². The van der Waals surface area contributed by atoms with Crippen molar-refractivity contribution in [1.82, 2.24) is 0 Å². The van der Waals surface area contributed by atoms with Gasteiger partial charge in [-0.25, -0.2) is 4.39 Å². The summed E-state index contributed by atoms with van der Waals surface area (Å²) in [5.41, 5.74) is 3.51. The van der Waals surface area contributed by atoms with E-state index in [-0.39, 0.29) is 11.7 Å². The van der Waals surface area contributed by atoms with Crippen LogP contribution in [0.5, 0.6) is 0 Å². The average Bonchev–Trinajstić information content (AvgIpc) is 2.44. The molecule has 0 aromatic heterocycles. The molecule has 0 bridgehead atoms. The Hall–Kier alpha value is -1.94. The maximum Gasteiger partial charge on any atom is 0.224 e. The number of carbonyl (C=O) groups excluding carboxylic acids is 1. The summed E-state index contributed by atoms with van der Waals surface area (Å²) in [5.74, 6) is -0.383. The topological polar surface area (TPSA) is 20.3 Å². The first-order chi connectivity index (χ1) is 10.1. The van der Waals surface area contributed by atoms with Crippen molar-refractivity contribution in [3.05, 3.63) is 63.4 Å². The summed E-state index contributed by atoms with van der Waals surface area (Å²) in [4.78, 5) is 13.7. The summed E-state index contributed by atoms with van der Waals surface area (Å²) < 4.78 is 14.2. The van der Waals surface area contributed by atoms with Gasteiger partial charge in [-0.2, -0.15) is 0 Å². The Kier molecular flexibility index (Phi) is 3.64. The number of fused-ring (bicyclic) bond motifs is 2. The second-order valence-corrected chi connectivity index (χ2v) is 5.82. The van der Waals surface area contributed by atoms with Gasteiger partial charge in [0.2, 0.25) is 5.91 Å². The maximum atomic E-state index is 13.8. The maximum absolute atomic E-state index is 13.8. The molecule has 1 amide bonds. The van der Waals surface area contributed by atoms with Crippen molar-refractivity contribution < 1.29 is 9.18 Å². The van der Waals surface area contributed by atoms with Gasteiger partial charge in [0.15, 0.2) is 0 Å². The Labute approximate surface area is 131 Å². The van der Waals surface area contributed by atoms with E-state index in [1.54, 1.807) is 11.0 Å². The van der Waals surface area contributed by atoms with Crippen LogP contribution in [0.2, 0.25) is 0 Å². The number of benzene rings is 2. The van der Waals surface area contributed by atoms with Gasteiger partial charge in [0, 0.05) is 6.92 Å². The molecule has 2 aromatic rings. The van der Waals surface area contributed by atoms with Crippen molar-refractivity contribution in [2.24, 2.45) is 0 Å². The Morgan fingerprint density at radius 1 is 1.19 bits per heavy atom. The molecule has 3 rings (SSSR count). The second-order valence-electron chi connectivity index (χ2n) is 4.96. The zero-order valence-corrected chi connectivity index (χ0v) is 13.0. The van der Waals surface area contributed by atoms with E-state index in [9.17, 15) is 9.18 Å². The van der Waals surface area contributed by atoms with Crippen LogP contribution in [0.15, 0.2) is 40.9 Å². The van der Waals surface area contributed by atoms with Gasteiger partial charge in [0.25, 0.3) is 0 Å². The quantitative estimate of drug-likeness (QED) is 0.681. The predicted molar refractivity (Wildman–Crippen MR) is 86.3 cm³/mol. The molecule has 106 valence electrons. The van der Waals surface area contributed by atoms with E-state index < -0.39 is 0 Å². The average molecular weight is 346 g/mol. The van der Waals surface area contributed by atoms with Crippen molar-refractivity contribution in [3.8, 4) is 0 Å². The number of hydrogen-bond donors (Lipinski definition) is 0. The van der Waals surface area contributed by atoms with Gasteiger partial charge in [0.1, 0.15) is 5.82 Å². The minimum atomic E-state index is -0.320. The van der Waals surface area contributed by atoms with Crippen LogP contribution in [0.1, 0.15) is 23.6 Å². The number of para-hydroxylation sites is 1. The largest absolute Gasteiger partial charge is 0.308 e. The normalized spacial score (nSPS) is 13.2. The molecular weight excluding hydrogens is 333 g/mol. The molecule has 2 aromatic carbocycles. The summed E-state index contributed by atoms with van der Waals surface area (Å²) in [5, 5.41) is 0. The lowest BCUT2D eigenvalue weighted by Gasteiger charge is -2.26. The Bertz CT molecular complexity index is 754. The number of hydrogen-bond acceptors (Lipinski definition) is 1. The van der Waals surface area contributed by atoms with E-state index in [1.807, 2.05) is 36.4 Å². The summed E-state index contributed by atoms with van der Waals surface area (Å²) >= 11 is 3.21. The van der Waals surface area contributed by atoms with Crippen LogP contribution in [0.4, 0.5) is 10.1 Å². The fourth-order valence-electron chi connectivity index (χ4n) is 2.49. The summed E-state index contributed by atoms with van der Waals surface area (Å²) in [7, 11) is 0. The highest BCUT2D eigenvalue weighted by Crippen LogP contribution is 2.31. The highest BCUT2D eigenvalue weighted by atomic mass is 79.9. The first-order valence-corrected chi connectivity index (χ1v) is 7.38. The molecule has 4 heteroatoms. The number of amides is 1. The third-order valence-corrected chi connectivity index (χ3v) is 4.17. The predicted octanol–water partition coefficient (Wildman–Crippen LogP) is 4.63. The molecule has 0 fully saturated rings. The van der Waals surface area contributed by atoms with E-state index >= 15 is 0 Å². The third-order valence-electron chi connectivity index (χ3n) is 3.56. The second kappa shape index (κ2) is 5.45. The number of nitrogens with zero attached hydrogens (tertiary/aromatic N) is 1. The van der Waals surface area contributed by atoms with Crippen LogP contribution in [-0.2, 0) is 11.3 Å². The molecule has 0 radical (unpaired) electrons. The van der Waals surface area contributed by atoms with Crippen LogP contribution < -0.4 is 4.90 Å². The van der Waals surface area contributed by atoms with Gasteiger partial charge < -0.3 is 4.90 Å². The van der Waals surface area contributed by atoms with Crippen molar-refractivity contribution in [2.75, 3.05) is 4.90 Å². The number of rotatable bonds is 0. The zero-order valence-electron chi connectivity index (χ0n) is 11.4. The van der Waals surface area contributed by atoms with Gasteiger partial charge in [-0.3, -0.25) is 4.79 Å². The van der Waals surface area contributed by atoms with E-state index in [4.69, 9.17) is 0 Å². The van der Waals surface area contributed by atoms with Crippen LogP contribution in [-0.4, -0.2) is 5.91 Å². The summed E-state index contributed by atoms with van der Waals surface area (Å²) in [6, 6.07) is 10.9. The Morgan fingerprint density at radius 2 is 1.90 bits per heavy atom. The van der Waals surface area contributed by atoms with Gasteiger partial charge in [-0.05, 0) is 50.8 Å². The molecule has 21 heavy (non-hydrogen) atoms. The monoisotopic (exact) mass is 345 g/mol. The van der Waals surface area contributed by atoms with E-state index in [0.29, 0.717) is 11.0 Å². The van der Waals surface area contributed by atoms with Crippen molar-refractivity contribution in [1.29, 1.82) is 0 Å². The minimum absolute atomic E-state index is 0.0629. The van der Waals surface area contributed by atoms with Crippen LogP contribution >= 0.6 is 15.9 Å². The Balaban J connectivity index is 2.21. The van der Waals surface area contributed by atoms with Crippen LogP contribution in [0.25, 0.3) is 12.2 Å². The summed E-state index contributed by atoms with van der Waals surface area (Å²) in [6.45, 7) is 1.88. The molecular formula is C17H13BrFNO. The Morgan fingerprint density at radius 3 is 2.67 bits per heavy atom. The number of carbonyl (C=O) groups is 1. The van der Waals surface area contributed by atoms with Gasteiger partial charge in [-0.15, -0.1) is 0 Å². The lowest BCUT2D eigenvalue weighted by atomic mass is 10.0. The highest BCUT2D eigenvalue weighted by Gasteiger charge is 2.19. The standard InChI is InChI=1S/C17H13BrFNO/c1-11(21)20-10-14-9-16(19)15(18)8-13(14)7-6-12-4-2-3-5-17(12)20/h2-9H,10H2,1H3. The van der Waals surface area contributed by atoms with Crippen LogP contribution in [0, 0.1) is 5.82 Å². The molecule has 0 saturated heterocycles. The fourth-order valence-corrected chi connectivity index (χ4v) is 2.85. The molecule has 0 unspecified atom stereocenters. The van der Waals surface area contributed by atoms with Crippen molar-refractivity contribution >= 4 is 39.7 Å².